The molecule has 0 spiro atoms. The van der Waals surface area contributed by atoms with Crippen LogP contribution in [0.2, 0.25) is 0 Å². The summed E-state index contributed by atoms with van der Waals surface area (Å²) in [5.74, 6) is 0.483. The molecule has 150 valence electrons. The summed E-state index contributed by atoms with van der Waals surface area (Å²) >= 11 is 0. The number of aliphatic hydroxyl groups is 1. The van der Waals surface area contributed by atoms with Gasteiger partial charge in [0.05, 0.1) is 38.9 Å². The highest BCUT2D eigenvalue weighted by atomic mass is 16.5. The minimum atomic E-state index is -0.485. The van der Waals surface area contributed by atoms with E-state index in [9.17, 15) is 9.90 Å². The molecule has 2 N–H and O–H groups in total. The molecule has 1 saturated heterocycles. The fraction of sp³-hybridized carbons (Fsp3) is 0.409. The Hall–Kier alpha value is -2.57. The molecule has 2 aromatic carbocycles. The van der Waals surface area contributed by atoms with E-state index < -0.39 is 6.10 Å². The van der Waals surface area contributed by atoms with Crippen LogP contribution in [0, 0.1) is 6.92 Å². The molecule has 6 heteroatoms. The molecule has 1 fully saturated rings. The van der Waals surface area contributed by atoms with E-state index in [1.54, 1.807) is 12.1 Å². The van der Waals surface area contributed by atoms with Crippen LogP contribution in [0.4, 0.5) is 5.69 Å². The van der Waals surface area contributed by atoms with Crippen molar-refractivity contribution < 1.29 is 24.3 Å². The van der Waals surface area contributed by atoms with Gasteiger partial charge in [0.15, 0.2) is 0 Å². The molecule has 1 aliphatic rings. The van der Waals surface area contributed by atoms with E-state index >= 15 is 0 Å². The summed E-state index contributed by atoms with van der Waals surface area (Å²) in [5, 5.41) is 10.3. The fourth-order valence-corrected chi connectivity index (χ4v) is 3.50. The summed E-state index contributed by atoms with van der Waals surface area (Å²) < 4.78 is 10.4. The first-order valence-electron chi connectivity index (χ1n) is 9.69. The van der Waals surface area contributed by atoms with Crippen molar-refractivity contribution in [3.63, 3.8) is 0 Å². The van der Waals surface area contributed by atoms with Crippen molar-refractivity contribution in [2.75, 3.05) is 51.3 Å². The van der Waals surface area contributed by atoms with Crippen LogP contribution < -0.4 is 14.5 Å². The number of benzene rings is 2. The molecule has 3 rings (SSSR count). The van der Waals surface area contributed by atoms with E-state index in [4.69, 9.17) is 9.47 Å². The number of anilines is 1. The number of carbonyl (C=O) groups is 1. The average molecular weight is 385 g/mol. The Kier molecular flexibility index (Phi) is 6.90. The number of piperazine rings is 1. The van der Waals surface area contributed by atoms with E-state index in [0.29, 0.717) is 18.7 Å². The smallest absolute Gasteiger partial charge is 0.337 e. The molecular weight excluding hydrogens is 356 g/mol. The lowest BCUT2D eigenvalue weighted by molar-refractivity contribution is -0.903. The number of nitrogens with one attached hydrogen (secondary N) is 1. The molecule has 0 bridgehead atoms. The van der Waals surface area contributed by atoms with Gasteiger partial charge in [-0.25, -0.2) is 4.79 Å². The Morgan fingerprint density at radius 2 is 1.89 bits per heavy atom. The van der Waals surface area contributed by atoms with Crippen LogP contribution in [0.1, 0.15) is 15.9 Å². The van der Waals surface area contributed by atoms with Crippen molar-refractivity contribution in [2.45, 2.75) is 13.0 Å². The molecule has 0 radical (unpaired) electrons. The molecular formula is C22H29N2O4+. The number of methoxy groups -OCH3 is 1. The van der Waals surface area contributed by atoms with Gasteiger partial charge < -0.3 is 24.4 Å². The van der Waals surface area contributed by atoms with Crippen molar-refractivity contribution in [3.8, 4) is 5.75 Å². The first-order valence-corrected chi connectivity index (χ1v) is 9.69. The van der Waals surface area contributed by atoms with Gasteiger partial charge in [-0.3, -0.25) is 0 Å². The lowest BCUT2D eigenvalue weighted by Gasteiger charge is -2.34. The van der Waals surface area contributed by atoms with Crippen LogP contribution in [-0.4, -0.2) is 63.6 Å². The van der Waals surface area contributed by atoms with Crippen LogP contribution in [-0.2, 0) is 4.74 Å². The zero-order valence-electron chi connectivity index (χ0n) is 16.6. The Labute approximate surface area is 166 Å². The van der Waals surface area contributed by atoms with Crippen LogP contribution in [0.3, 0.4) is 0 Å². The third-order valence-corrected chi connectivity index (χ3v) is 5.08. The average Bonchev–Trinajstić information content (AvgIpc) is 2.72. The number of hydrogen-bond acceptors (Lipinski definition) is 5. The monoisotopic (exact) mass is 385 g/mol. The summed E-state index contributed by atoms with van der Waals surface area (Å²) in [6.45, 7) is 6.76. The quantitative estimate of drug-likeness (QED) is 0.695. The van der Waals surface area contributed by atoms with Crippen molar-refractivity contribution in [1.29, 1.82) is 0 Å². The summed E-state index contributed by atoms with van der Waals surface area (Å²) in [5.41, 5.74) is 2.82. The summed E-state index contributed by atoms with van der Waals surface area (Å²) in [4.78, 5) is 15.2. The molecule has 1 heterocycles. The van der Waals surface area contributed by atoms with Gasteiger partial charge >= 0.3 is 5.97 Å². The van der Waals surface area contributed by atoms with Crippen LogP contribution in [0.25, 0.3) is 0 Å². The standard InChI is InChI=1S/C22H28N2O4/c1-17-4-3-5-21(14-17)28-16-20(25)15-23-10-12-24(13-11-23)19-8-6-18(7-9-19)22(26)27-2/h3-9,14,20,25H,10-13,15-16H2,1-2H3/p+1/t20-/m1/s1. The number of hydrogen-bond donors (Lipinski definition) is 2. The van der Waals surface area contributed by atoms with Gasteiger partial charge in [0.2, 0.25) is 0 Å². The minimum absolute atomic E-state index is 0.311. The third kappa shape index (κ3) is 5.47. The number of rotatable bonds is 7. The Bertz CT molecular complexity index is 770. The fourth-order valence-electron chi connectivity index (χ4n) is 3.50. The molecule has 1 atom stereocenters. The Morgan fingerprint density at radius 3 is 2.54 bits per heavy atom. The molecule has 2 aromatic rings. The number of nitrogens with zero attached hydrogens (tertiary/aromatic N) is 1. The summed E-state index contributed by atoms with van der Waals surface area (Å²) in [7, 11) is 1.39. The van der Waals surface area contributed by atoms with E-state index in [1.165, 1.54) is 12.0 Å². The highest BCUT2D eigenvalue weighted by Crippen LogP contribution is 2.16. The van der Waals surface area contributed by atoms with Gasteiger partial charge in [-0.15, -0.1) is 0 Å². The second-order valence-electron chi connectivity index (χ2n) is 7.26. The molecule has 0 unspecified atom stereocenters. The van der Waals surface area contributed by atoms with E-state index in [2.05, 4.69) is 4.90 Å². The second-order valence-corrected chi connectivity index (χ2v) is 7.26. The number of aryl methyl sites for hydroxylation is 1. The highest BCUT2D eigenvalue weighted by molar-refractivity contribution is 5.89. The van der Waals surface area contributed by atoms with Crippen LogP contribution >= 0.6 is 0 Å². The van der Waals surface area contributed by atoms with Gasteiger partial charge in [0, 0.05) is 5.69 Å². The van der Waals surface area contributed by atoms with E-state index in [0.717, 1.165) is 43.2 Å². The molecule has 28 heavy (non-hydrogen) atoms. The second kappa shape index (κ2) is 9.57. The van der Waals surface area contributed by atoms with Gasteiger partial charge in [0.1, 0.15) is 25.0 Å². The molecule has 0 amide bonds. The predicted molar refractivity (Wildman–Crippen MR) is 108 cm³/mol. The minimum Gasteiger partial charge on any atom is -0.491 e. The van der Waals surface area contributed by atoms with Gasteiger partial charge in [-0.05, 0) is 48.9 Å². The lowest BCUT2D eigenvalue weighted by Crippen LogP contribution is -3.16. The zero-order valence-corrected chi connectivity index (χ0v) is 16.6. The Balaban J connectivity index is 1.42. The Morgan fingerprint density at radius 1 is 1.18 bits per heavy atom. The third-order valence-electron chi connectivity index (χ3n) is 5.08. The number of carbonyl (C=O) groups excluding carboxylic acids is 1. The van der Waals surface area contributed by atoms with Crippen molar-refractivity contribution in [3.05, 3.63) is 59.7 Å². The molecule has 0 saturated carbocycles. The predicted octanol–water partition coefficient (Wildman–Crippen LogP) is 0.926. The van der Waals surface area contributed by atoms with Gasteiger partial charge in [-0.2, -0.15) is 0 Å². The number of aliphatic hydroxyl groups excluding tert-OH is 1. The van der Waals surface area contributed by atoms with E-state index in [-0.39, 0.29) is 5.97 Å². The van der Waals surface area contributed by atoms with Crippen LogP contribution in [0.15, 0.2) is 48.5 Å². The summed E-state index contributed by atoms with van der Waals surface area (Å²) in [6.07, 6.45) is -0.485. The van der Waals surface area contributed by atoms with Crippen molar-refractivity contribution in [2.24, 2.45) is 0 Å². The SMILES string of the molecule is COC(=O)c1ccc(N2CC[NH+](C[C@@H](O)COc3cccc(C)c3)CC2)cc1. The molecule has 0 aromatic heterocycles. The maximum absolute atomic E-state index is 11.5. The topological polar surface area (TPSA) is 63.4 Å². The highest BCUT2D eigenvalue weighted by Gasteiger charge is 2.23. The van der Waals surface area contributed by atoms with Gasteiger partial charge in [0.25, 0.3) is 0 Å². The largest absolute Gasteiger partial charge is 0.491 e. The maximum atomic E-state index is 11.5. The maximum Gasteiger partial charge on any atom is 0.337 e. The number of ether oxygens (including phenoxy) is 2. The van der Waals surface area contributed by atoms with E-state index in [1.807, 2.05) is 43.3 Å². The summed E-state index contributed by atoms with van der Waals surface area (Å²) in [6, 6.07) is 15.4. The molecule has 1 aliphatic heterocycles. The lowest BCUT2D eigenvalue weighted by atomic mass is 10.1. The molecule has 6 nitrogen and oxygen atoms in total. The zero-order chi connectivity index (χ0) is 19.9. The number of quaternary nitrogens is 1. The van der Waals surface area contributed by atoms with Crippen LogP contribution in [0.5, 0.6) is 5.75 Å². The normalized spacial score (nSPS) is 15.9. The first-order chi connectivity index (χ1) is 13.5. The van der Waals surface area contributed by atoms with Gasteiger partial charge in [-0.1, -0.05) is 12.1 Å². The number of esters is 1. The van der Waals surface area contributed by atoms with Crippen molar-refractivity contribution in [1.82, 2.24) is 0 Å². The van der Waals surface area contributed by atoms with Crippen molar-refractivity contribution >= 4 is 11.7 Å². The first kappa shape index (κ1) is 20.2. The molecule has 0 aliphatic carbocycles.